The molecule has 0 unspecified atom stereocenters. The highest BCUT2D eigenvalue weighted by Crippen LogP contribution is 2.29. The van der Waals surface area contributed by atoms with Crippen LogP contribution in [0, 0.1) is 0 Å². The number of thiophene rings is 2. The van der Waals surface area contributed by atoms with Gasteiger partial charge in [0.25, 0.3) is 0 Å². The maximum Gasteiger partial charge on any atom is 0.0351 e. The Balaban J connectivity index is 1.63. The highest BCUT2D eigenvalue weighted by Gasteiger charge is 2.16. The van der Waals surface area contributed by atoms with E-state index in [2.05, 4.69) is 34.3 Å². The third kappa shape index (κ3) is 2.21. The average molecular weight is 249 g/mol. The first-order chi connectivity index (χ1) is 7.92. The monoisotopic (exact) mass is 249 g/mol. The van der Waals surface area contributed by atoms with E-state index in [1.165, 1.54) is 34.6 Å². The van der Waals surface area contributed by atoms with Gasteiger partial charge in [-0.2, -0.15) is 0 Å². The number of hydrogen-bond donors (Lipinski definition) is 1. The van der Waals surface area contributed by atoms with E-state index in [-0.39, 0.29) is 0 Å². The molecule has 2 aromatic rings. The molecular weight excluding hydrogens is 234 g/mol. The molecule has 0 amide bonds. The Labute approximate surface area is 104 Å². The van der Waals surface area contributed by atoms with E-state index in [0.29, 0.717) is 0 Å². The molecule has 1 saturated carbocycles. The smallest absolute Gasteiger partial charge is 0.0351 e. The lowest BCUT2D eigenvalue weighted by Gasteiger charge is -2.26. The molecule has 1 N–H and O–H groups in total. The predicted octanol–water partition coefficient (Wildman–Crippen LogP) is 4.12. The fraction of sp³-hybridized carbons (Fsp3) is 0.385. The maximum absolute atomic E-state index is 3.61. The van der Waals surface area contributed by atoms with Crippen molar-refractivity contribution in [2.45, 2.75) is 31.8 Å². The quantitative estimate of drug-likeness (QED) is 0.859. The molecule has 0 aliphatic heterocycles. The van der Waals surface area contributed by atoms with Gasteiger partial charge in [-0.3, -0.25) is 0 Å². The molecule has 16 heavy (non-hydrogen) atoms. The fourth-order valence-corrected chi connectivity index (χ4v) is 3.53. The van der Waals surface area contributed by atoms with Crippen LogP contribution >= 0.6 is 22.7 Å². The van der Waals surface area contributed by atoms with E-state index in [1.54, 1.807) is 0 Å². The molecule has 0 aromatic carbocycles. The van der Waals surface area contributed by atoms with Crippen molar-refractivity contribution in [3.63, 3.8) is 0 Å². The molecule has 0 bridgehead atoms. The minimum atomic E-state index is 0.785. The van der Waals surface area contributed by atoms with Gasteiger partial charge in [-0.25, -0.2) is 0 Å². The largest absolute Gasteiger partial charge is 0.309 e. The van der Waals surface area contributed by atoms with Crippen LogP contribution in [-0.2, 0) is 6.54 Å². The van der Waals surface area contributed by atoms with Crippen LogP contribution in [0.2, 0.25) is 0 Å². The summed E-state index contributed by atoms with van der Waals surface area (Å²) in [6, 6.07) is 7.41. The fourth-order valence-electron chi connectivity index (χ4n) is 1.90. The van der Waals surface area contributed by atoms with E-state index in [0.717, 1.165) is 12.6 Å². The van der Waals surface area contributed by atoms with Gasteiger partial charge in [0.15, 0.2) is 0 Å². The predicted molar refractivity (Wildman–Crippen MR) is 72.1 cm³/mol. The van der Waals surface area contributed by atoms with E-state index < -0.39 is 0 Å². The molecule has 1 nitrogen and oxygen atoms in total. The number of hydrogen-bond acceptors (Lipinski definition) is 3. The van der Waals surface area contributed by atoms with Crippen molar-refractivity contribution >= 4 is 22.7 Å². The molecule has 3 rings (SSSR count). The van der Waals surface area contributed by atoms with Crippen LogP contribution in [0.3, 0.4) is 0 Å². The van der Waals surface area contributed by atoms with Crippen LogP contribution < -0.4 is 5.32 Å². The second-order valence-electron chi connectivity index (χ2n) is 4.29. The maximum atomic E-state index is 3.61. The zero-order chi connectivity index (χ0) is 10.8. The summed E-state index contributed by atoms with van der Waals surface area (Å²) in [5.41, 5.74) is 1.38. The Kier molecular flexibility index (Phi) is 3.09. The SMILES string of the molecule is c1csc(-c2csc(CNC3CCC3)c2)c1. The van der Waals surface area contributed by atoms with Crippen LogP contribution in [0.25, 0.3) is 10.4 Å². The molecule has 3 heteroatoms. The van der Waals surface area contributed by atoms with Gasteiger partial charge in [0, 0.05) is 27.9 Å². The summed E-state index contributed by atoms with van der Waals surface area (Å²) in [6.45, 7) is 1.04. The van der Waals surface area contributed by atoms with Crippen molar-refractivity contribution < 1.29 is 0 Å². The second kappa shape index (κ2) is 4.70. The van der Waals surface area contributed by atoms with E-state index in [9.17, 15) is 0 Å². The van der Waals surface area contributed by atoms with Crippen LogP contribution in [0.4, 0.5) is 0 Å². The Morgan fingerprint density at radius 3 is 2.94 bits per heavy atom. The van der Waals surface area contributed by atoms with Gasteiger partial charge in [-0.05, 0) is 35.7 Å². The van der Waals surface area contributed by atoms with Gasteiger partial charge in [-0.15, -0.1) is 22.7 Å². The molecule has 84 valence electrons. The van der Waals surface area contributed by atoms with Crippen molar-refractivity contribution in [2.75, 3.05) is 0 Å². The third-order valence-electron chi connectivity index (χ3n) is 3.13. The lowest BCUT2D eigenvalue weighted by molar-refractivity contribution is 0.339. The first-order valence-corrected chi connectivity index (χ1v) is 7.52. The Morgan fingerprint density at radius 2 is 2.25 bits per heavy atom. The standard InChI is InChI=1S/C13H15NS2/c1-3-11(4-1)14-8-12-7-10(9-16-12)13-5-2-6-15-13/h2,5-7,9,11,14H,1,3-4,8H2. The summed E-state index contributed by atoms with van der Waals surface area (Å²) in [5.74, 6) is 0. The molecular formula is C13H15NS2. The molecule has 0 saturated heterocycles. The topological polar surface area (TPSA) is 12.0 Å². The lowest BCUT2D eigenvalue weighted by atomic mass is 9.93. The molecule has 1 aliphatic carbocycles. The summed E-state index contributed by atoms with van der Waals surface area (Å²) < 4.78 is 0. The van der Waals surface area contributed by atoms with Gasteiger partial charge in [0.1, 0.15) is 0 Å². The highest BCUT2D eigenvalue weighted by molar-refractivity contribution is 7.14. The zero-order valence-electron chi connectivity index (χ0n) is 9.11. The van der Waals surface area contributed by atoms with Crippen molar-refractivity contribution in [1.29, 1.82) is 0 Å². The van der Waals surface area contributed by atoms with Crippen molar-refractivity contribution in [3.8, 4) is 10.4 Å². The van der Waals surface area contributed by atoms with Gasteiger partial charge in [0.2, 0.25) is 0 Å². The molecule has 0 atom stereocenters. The molecule has 2 heterocycles. The summed E-state index contributed by atoms with van der Waals surface area (Å²) in [6.07, 6.45) is 4.13. The number of nitrogens with one attached hydrogen (secondary N) is 1. The lowest BCUT2D eigenvalue weighted by Crippen LogP contribution is -2.34. The molecule has 1 fully saturated rings. The Hall–Kier alpha value is -0.640. The summed E-state index contributed by atoms with van der Waals surface area (Å²) in [7, 11) is 0. The van der Waals surface area contributed by atoms with Crippen molar-refractivity contribution in [2.24, 2.45) is 0 Å². The van der Waals surface area contributed by atoms with Crippen LogP contribution in [-0.4, -0.2) is 6.04 Å². The van der Waals surface area contributed by atoms with Crippen LogP contribution in [0.1, 0.15) is 24.1 Å². The summed E-state index contributed by atoms with van der Waals surface area (Å²) >= 11 is 3.68. The third-order valence-corrected chi connectivity index (χ3v) is 4.99. The normalized spacial score (nSPS) is 16.2. The first kappa shape index (κ1) is 10.5. The average Bonchev–Trinajstić information content (AvgIpc) is 2.84. The molecule has 0 spiro atoms. The van der Waals surface area contributed by atoms with E-state index in [4.69, 9.17) is 0 Å². The molecule has 2 aromatic heterocycles. The van der Waals surface area contributed by atoms with Crippen molar-refractivity contribution in [3.05, 3.63) is 33.8 Å². The molecule has 1 aliphatic rings. The van der Waals surface area contributed by atoms with E-state index in [1.807, 2.05) is 22.7 Å². The highest BCUT2D eigenvalue weighted by atomic mass is 32.1. The number of rotatable bonds is 4. The summed E-state index contributed by atoms with van der Waals surface area (Å²) in [4.78, 5) is 2.83. The van der Waals surface area contributed by atoms with Crippen LogP contribution in [0.15, 0.2) is 29.0 Å². The van der Waals surface area contributed by atoms with Crippen LogP contribution in [0.5, 0.6) is 0 Å². The first-order valence-electron chi connectivity index (χ1n) is 5.76. The minimum absolute atomic E-state index is 0.785. The van der Waals surface area contributed by atoms with Gasteiger partial charge >= 0.3 is 0 Å². The van der Waals surface area contributed by atoms with Gasteiger partial charge in [0.05, 0.1) is 0 Å². The summed E-state index contributed by atoms with van der Waals surface area (Å²) in [5, 5.41) is 8.01. The van der Waals surface area contributed by atoms with Crippen molar-refractivity contribution in [1.82, 2.24) is 5.32 Å². The molecule has 0 radical (unpaired) electrons. The van der Waals surface area contributed by atoms with Gasteiger partial charge < -0.3 is 5.32 Å². The Bertz CT molecular complexity index is 440. The Morgan fingerprint density at radius 1 is 1.31 bits per heavy atom. The second-order valence-corrected chi connectivity index (χ2v) is 6.23. The zero-order valence-corrected chi connectivity index (χ0v) is 10.7. The van der Waals surface area contributed by atoms with E-state index >= 15 is 0 Å². The minimum Gasteiger partial charge on any atom is -0.309 e. The van der Waals surface area contributed by atoms with Gasteiger partial charge in [-0.1, -0.05) is 12.5 Å².